The number of carbonyl (C=O) groups excluding carboxylic acids is 1. The average Bonchev–Trinajstić information content (AvgIpc) is 2.38. The molecule has 0 radical (unpaired) electrons. The summed E-state index contributed by atoms with van der Waals surface area (Å²) in [7, 11) is 1.32. The van der Waals surface area contributed by atoms with Crippen LogP contribution in [0, 0.1) is 5.82 Å². The van der Waals surface area contributed by atoms with Crippen molar-refractivity contribution in [3.05, 3.63) is 35.3 Å². The minimum Gasteiger partial charge on any atom is -0.511 e. The number of aliphatic hydroxyl groups is 1. The quantitative estimate of drug-likeness (QED) is 0.830. The molecule has 1 amide bonds. The number of hydrogen-bond donors (Lipinski definition) is 2. The molecule has 1 aliphatic rings. The van der Waals surface area contributed by atoms with Gasteiger partial charge in [-0.3, -0.25) is 4.79 Å². The fourth-order valence-electron chi connectivity index (χ4n) is 2.09. The Labute approximate surface area is 120 Å². The van der Waals surface area contributed by atoms with Gasteiger partial charge in [0.25, 0.3) is 5.91 Å². The van der Waals surface area contributed by atoms with Crippen molar-refractivity contribution in [1.29, 1.82) is 0 Å². The molecule has 0 aliphatic carbocycles. The second-order valence-corrected chi connectivity index (χ2v) is 4.62. The molecular formula is C13H13FN2O3S. The summed E-state index contributed by atoms with van der Waals surface area (Å²) in [6.45, 7) is 0.191. The highest BCUT2D eigenvalue weighted by molar-refractivity contribution is 7.80. The minimum atomic E-state index is -0.576. The summed E-state index contributed by atoms with van der Waals surface area (Å²) in [6.07, 6.45) is 0.193. The van der Waals surface area contributed by atoms with Crippen LogP contribution in [0.1, 0.15) is 6.42 Å². The Morgan fingerprint density at radius 2 is 2.25 bits per heavy atom. The third kappa shape index (κ3) is 2.32. The predicted molar refractivity (Wildman–Crippen MR) is 76.4 cm³/mol. The molecule has 0 aromatic heterocycles. The molecule has 7 heteroatoms. The van der Waals surface area contributed by atoms with Crippen LogP contribution in [0.2, 0.25) is 0 Å². The Morgan fingerprint density at radius 3 is 2.85 bits per heavy atom. The van der Waals surface area contributed by atoms with E-state index in [-0.39, 0.29) is 40.7 Å². The number of benzene rings is 1. The Bertz CT molecular complexity index is 616. The Hall–Kier alpha value is -2.15. The van der Waals surface area contributed by atoms with E-state index in [0.29, 0.717) is 0 Å². The number of aliphatic hydroxyl groups excluding tert-OH is 1. The molecule has 106 valence electrons. The van der Waals surface area contributed by atoms with Crippen LogP contribution < -0.4 is 15.4 Å². The number of methoxy groups -OCH3 is 1. The van der Waals surface area contributed by atoms with Crippen LogP contribution >= 0.6 is 12.2 Å². The monoisotopic (exact) mass is 296 g/mol. The highest BCUT2D eigenvalue weighted by Gasteiger charge is 2.31. The zero-order chi connectivity index (χ0) is 14.9. The standard InChI is InChI=1S/C13H13FN2O3S/c1-19-11-7(14)3-2-4-8(11)16-6-5-9(17)10(12(15)20)13(16)18/h2-4,17H,5-6H2,1H3,(H2,15,20). The molecule has 0 saturated carbocycles. The van der Waals surface area contributed by atoms with E-state index in [1.807, 2.05) is 0 Å². The van der Waals surface area contributed by atoms with Gasteiger partial charge in [0.05, 0.1) is 12.8 Å². The van der Waals surface area contributed by atoms with Gasteiger partial charge in [0.1, 0.15) is 16.3 Å². The lowest BCUT2D eigenvalue weighted by Crippen LogP contribution is -2.41. The Kier molecular flexibility index (Phi) is 3.89. The lowest BCUT2D eigenvalue weighted by Gasteiger charge is -2.29. The van der Waals surface area contributed by atoms with E-state index in [1.54, 1.807) is 6.07 Å². The van der Waals surface area contributed by atoms with Gasteiger partial charge in [-0.1, -0.05) is 18.3 Å². The summed E-state index contributed by atoms with van der Waals surface area (Å²) in [5, 5.41) is 9.71. The number of rotatable bonds is 3. The first-order valence-corrected chi connectivity index (χ1v) is 6.24. The molecule has 3 N–H and O–H groups in total. The van der Waals surface area contributed by atoms with Crippen molar-refractivity contribution in [2.24, 2.45) is 5.73 Å². The van der Waals surface area contributed by atoms with E-state index < -0.39 is 11.7 Å². The highest BCUT2D eigenvalue weighted by Crippen LogP contribution is 2.34. The van der Waals surface area contributed by atoms with Gasteiger partial charge >= 0.3 is 0 Å². The molecular weight excluding hydrogens is 283 g/mol. The minimum absolute atomic E-state index is 0.0375. The van der Waals surface area contributed by atoms with Crippen LogP contribution in [-0.4, -0.2) is 29.7 Å². The van der Waals surface area contributed by atoms with Gasteiger partial charge in [0.15, 0.2) is 11.6 Å². The summed E-state index contributed by atoms with van der Waals surface area (Å²) in [4.78, 5) is 13.4. The number of nitrogens with zero attached hydrogens (tertiary/aromatic N) is 1. The Balaban J connectivity index is 2.49. The molecule has 20 heavy (non-hydrogen) atoms. The van der Waals surface area contributed by atoms with Gasteiger partial charge in [-0.05, 0) is 12.1 Å². The van der Waals surface area contributed by atoms with Crippen LogP contribution in [0.15, 0.2) is 29.5 Å². The smallest absolute Gasteiger partial charge is 0.264 e. The summed E-state index contributed by atoms with van der Waals surface area (Å²) >= 11 is 4.77. The van der Waals surface area contributed by atoms with Crippen molar-refractivity contribution in [2.75, 3.05) is 18.6 Å². The molecule has 1 heterocycles. The molecule has 5 nitrogen and oxygen atoms in total. The second kappa shape index (κ2) is 5.46. The molecule has 0 bridgehead atoms. The van der Waals surface area contributed by atoms with Crippen LogP contribution in [-0.2, 0) is 4.79 Å². The van der Waals surface area contributed by atoms with Crippen LogP contribution in [0.25, 0.3) is 0 Å². The number of anilines is 1. The predicted octanol–water partition coefficient (Wildman–Crippen LogP) is 1.67. The first-order valence-electron chi connectivity index (χ1n) is 5.83. The first kappa shape index (κ1) is 14.3. The first-order chi connectivity index (χ1) is 9.47. The maximum absolute atomic E-state index is 13.7. The molecule has 0 fully saturated rings. The number of halogens is 1. The van der Waals surface area contributed by atoms with Crippen LogP contribution in [0.3, 0.4) is 0 Å². The number of amides is 1. The zero-order valence-electron chi connectivity index (χ0n) is 10.7. The van der Waals surface area contributed by atoms with Gasteiger partial charge < -0.3 is 20.5 Å². The lowest BCUT2D eigenvalue weighted by molar-refractivity contribution is -0.115. The van der Waals surface area contributed by atoms with Gasteiger partial charge in [-0.2, -0.15) is 0 Å². The van der Waals surface area contributed by atoms with E-state index in [1.165, 1.54) is 24.1 Å². The van der Waals surface area contributed by atoms with Crippen molar-refractivity contribution in [2.45, 2.75) is 6.42 Å². The fraction of sp³-hybridized carbons (Fsp3) is 0.231. The molecule has 0 spiro atoms. The number of ether oxygens (including phenoxy) is 1. The fourth-order valence-corrected chi connectivity index (χ4v) is 2.30. The normalized spacial score (nSPS) is 15.5. The molecule has 0 atom stereocenters. The van der Waals surface area contributed by atoms with E-state index in [4.69, 9.17) is 22.7 Å². The van der Waals surface area contributed by atoms with Gasteiger partial charge in [-0.25, -0.2) is 4.39 Å². The number of nitrogens with two attached hydrogens (primary N) is 1. The number of thiocarbonyl (C=S) groups is 1. The van der Waals surface area contributed by atoms with Crippen molar-refractivity contribution in [1.82, 2.24) is 0 Å². The maximum Gasteiger partial charge on any atom is 0.264 e. The third-order valence-electron chi connectivity index (χ3n) is 3.01. The maximum atomic E-state index is 13.7. The third-order valence-corrected chi connectivity index (χ3v) is 3.21. The molecule has 0 unspecified atom stereocenters. The Morgan fingerprint density at radius 1 is 1.55 bits per heavy atom. The summed E-state index contributed by atoms with van der Waals surface area (Å²) in [5.41, 5.74) is 5.61. The molecule has 1 aromatic carbocycles. The largest absolute Gasteiger partial charge is 0.511 e. The molecule has 1 aliphatic heterocycles. The molecule has 2 rings (SSSR count). The average molecular weight is 296 g/mol. The second-order valence-electron chi connectivity index (χ2n) is 4.18. The van der Waals surface area contributed by atoms with Crippen molar-refractivity contribution in [3.63, 3.8) is 0 Å². The van der Waals surface area contributed by atoms with Gasteiger partial charge in [-0.15, -0.1) is 0 Å². The van der Waals surface area contributed by atoms with E-state index in [9.17, 15) is 14.3 Å². The van der Waals surface area contributed by atoms with Gasteiger partial charge in [0.2, 0.25) is 0 Å². The van der Waals surface area contributed by atoms with E-state index in [2.05, 4.69) is 0 Å². The summed E-state index contributed by atoms with van der Waals surface area (Å²) in [5.74, 6) is -1.32. The lowest BCUT2D eigenvalue weighted by atomic mass is 10.1. The zero-order valence-corrected chi connectivity index (χ0v) is 11.5. The summed E-state index contributed by atoms with van der Waals surface area (Å²) in [6, 6.07) is 4.26. The van der Waals surface area contributed by atoms with E-state index in [0.717, 1.165) is 0 Å². The molecule has 1 aromatic rings. The van der Waals surface area contributed by atoms with Crippen molar-refractivity contribution in [3.8, 4) is 5.75 Å². The van der Waals surface area contributed by atoms with Crippen molar-refractivity contribution < 1.29 is 19.0 Å². The highest BCUT2D eigenvalue weighted by atomic mass is 32.1. The van der Waals surface area contributed by atoms with Crippen LogP contribution in [0.5, 0.6) is 5.75 Å². The van der Waals surface area contributed by atoms with Crippen molar-refractivity contribution >= 4 is 28.8 Å². The number of para-hydroxylation sites is 1. The van der Waals surface area contributed by atoms with E-state index >= 15 is 0 Å². The van der Waals surface area contributed by atoms with Gasteiger partial charge in [0, 0.05) is 13.0 Å². The molecule has 0 saturated heterocycles. The topological polar surface area (TPSA) is 75.8 Å². The number of hydrogen-bond acceptors (Lipinski definition) is 4. The SMILES string of the molecule is COc1c(F)cccc1N1CCC(O)=C(C(N)=S)C1=O. The summed E-state index contributed by atoms with van der Waals surface area (Å²) < 4.78 is 18.7. The van der Waals surface area contributed by atoms with Crippen LogP contribution in [0.4, 0.5) is 10.1 Å². The number of carbonyl (C=O) groups is 1.